The summed E-state index contributed by atoms with van der Waals surface area (Å²) in [5.41, 5.74) is 0. The largest absolute Gasteiger partial charge is 0.368 e. The summed E-state index contributed by atoms with van der Waals surface area (Å²) in [7, 11) is 0. The van der Waals surface area contributed by atoms with Crippen molar-refractivity contribution in [1.82, 2.24) is 0 Å². The number of hydrogen-bond donors (Lipinski definition) is 2. The molecular formula is C6H18O2. The number of hydrogen-bond acceptors (Lipinski definition) is 2. The predicted molar refractivity (Wildman–Crippen MR) is 36.6 cm³/mol. The van der Waals surface area contributed by atoms with E-state index in [1.807, 2.05) is 6.92 Å². The smallest absolute Gasteiger partial charge is 0.151 e. The Morgan fingerprint density at radius 1 is 1.25 bits per heavy atom. The third-order valence-corrected chi connectivity index (χ3v) is 0.547. The molecule has 0 atom stereocenters. The summed E-state index contributed by atoms with van der Waals surface area (Å²) in [5, 5.41) is 16.2. The van der Waals surface area contributed by atoms with E-state index < -0.39 is 6.29 Å². The van der Waals surface area contributed by atoms with E-state index in [0.29, 0.717) is 6.42 Å². The minimum absolute atomic E-state index is 0. The average molecular weight is 122 g/mol. The van der Waals surface area contributed by atoms with Crippen molar-refractivity contribution in [1.29, 1.82) is 0 Å². The molecule has 2 heteroatoms. The van der Waals surface area contributed by atoms with Gasteiger partial charge in [-0.1, -0.05) is 28.2 Å². The minimum atomic E-state index is -1.10. The zero-order valence-electron chi connectivity index (χ0n) is 3.89. The summed E-state index contributed by atoms with van der Waals surface area (Å²) in [6.45, 7) is 1.90. The first-order valence-corrected chi connectivity index (χ1v) is 2.13. The highest BCUT2D eigenvalue weighted by Crippen LogP contribution is 1.88. The van der Waals surface area contributed by atoms with Gasteiger partial charge in [-0.3, -0.25) is 0 Å². The fraction of sp³-hybridized carbons (Fsp3) is 1.00. The molecular weight excluding hydrogens is 104 g/mol. The maximum absolute atomic E-state index is 8.11. The van der Waals surface area contributed by atoms with Crippen LogP contribution in [0.1, 0.15) is 34.6 Å². The molecule has 0 aromatic heterocycles. The molecule has 0 fully saturated rings. The number of rotatable bonds is 2. The van der Waals surface area contributed by atoms with Crippen molar-refractivity contribution in [2.45, 2.75) is 40.9 Å². The maximum Gasteiger partial charge on any atom is 0.151 e. The Balaban J connectivity index is -0.000000125. The van der Waals surface area contributed by atoms with Crippen molar-refractivity contribution in [3.8, 4) is 0 Å². The lowest BCUT2D eigenvalue weighted by Crippen LogP contribution is -2.01. The van der Waals surface area contributed by atoms with Crippen molar-refractivity contribution in [3.05, 3.63) is 0 Å². The first kappa shape index (κ1) is 15.7. The molecule has 0 aliphatic heterocycles. The molecule has 0 radical (unpaired) electrons. The highest BCUT2D eigenvalue weighted by molar-refractivity contribution is 4.31. The summed E-state index contributed by atoms with van der Waals surface area (Å²) < 4.78 is 0. The molecule has 2 nitrogen and oxygen atoms in total. The Morgan fingerprint density at radius 2 is 1.62 bits per heavy atom. The second kappa shape index (κ2) is 10.0. The average Bonchev–Trinajstić information content (AvgIpc) is 1.35. The van der Waals surface area contributed by atoms with Crippen LogP contribution in [0.2, 0.25) is 0 Å². The van der Waals surface area contributed by atoms with Crippen LogP contribution in [-0.4, -0.2) is 16.5 Å². The van der Waals surface area contributed by atoms with Crippen LogP contribution < -0.4 is 0 Å². The molecule has 0 aromatic rings. The summed E-state index contributed by atoms with van der Waals surface area (Å²) in [5.74, 6) is 0. The lowest BCUT2D eigenvalue weighted by atomic mass is 10.3. The van der Waals surface area contributed by atoms with E-state index in [4.69, 9.17) is 10.2 Å². The zero-order chi connectivity index (χ0) is 4.99. The molecule has 8 heavy (non-hydrogen) atoms. The van der Waals surface area contributed by atoms with Gasteiger partial charge in [0.25, 0.3) is 0 Å². The molecule has 0 saturated heterocycles. The summed E-state index contributed by atoms with van der Waals surface area (Å²) in [6.07, 6.45) is 0.215. The van der Waals surface area contributed by atoms with Gasteiger partial charge >= 0.3 is 0 Å². The molecule has 0 spiro atoms. The molecule has 0 aromatic carbocycles. The third-order valence-electron chi connectivity index (χ3n) is 0.547. The van der Waals surface area contributed by atoms with Gasteiger partial charge in [-0.15, -0.1) is 0 Å². The van der Waals surface area contributed by atoms with Gasteiger partial charge in [-0.25, -0.2) is 0 Å². The van der Waals surface area contributed by atoms with E-state index in [1.54, 1.807) is 0 Å². The van der Waals surface area contributed by atoms with Gasteiger partial charge in [0, 0.05) is 0 Å². The Kier molecular flexibility index (Phi) is 19.6. The molecule has 0 rings (SSSR count). The van der Waals surface area contributed by atoms with E-state index in [-0.39, 0.29) is 14.9 Å². The van der Waals surface area contributed by atoms with E-state index >= 15 is 0 Å². The van der Waals surface area contributed by atoms with Crippen molar-refractivity contribution < 1.29 is 10.2 Å². The standard InChI is InChI=1S/C4H10O2.2CH4/c1-2-3-4(5)6;;/h4-6H,2-3H2,1H3;2*1H4. The van der Waals surface area contributed by atoms with Gasteiger partial charge in [-0.05, 0) is 6.42 Å². The molecule has 0 bridgehead atoms. The zero-order valence-corrected chi connectivity index (χ0v) is 3.89. The fourth-order valence-corrected chi connectivity index (χ4v) is 0.258. The lowest BCUT2D eigenvalue weighted by Gasteiger charge is -1.94. The first-order chi connectivity index (χ1) is 2.77. The van der Waals surface area contributed by atoms with Crippen LogP contribution in [-0.2, 0) is 0 Å². The molecule has 0 saturated carbocycles. The van der Waals surface area contributed by atoms with Crippen LogP contribution in [0.4, 0.5) is 0 Å². The Labute approximate surface area is 52.2 Å². The molecule has 0 aliphatic rings. The van der Waals surface area contributed by atoms with Crippen LogP contribution >= 0.6 is 0 Å². The summed E-state index contributed by atoms with van der Waals surface area (Å²) >= 11 is 0. The fourth-order valence-electron chi connectivity index (χ4n) is 0.258. The number of aliphatic hydroxyl groups is 2. The second-order valence-corrected chi connectivity index (χ2v) is 1.27. The first-order valence-electron chi connectivity index (χ1n) is 2.13. The predicted octanol–water partition coefficient (Wildman–Crippen LogP) is 1.37. The van der Waals surface area contributed by atoms with Crippen LogP contribution in [0.5, 0.6) is 0 Å². The van der Waals surface area contributed by atoms with Gasteiger partial charge in [0.1, 0.15) is 0 Å². The quantitative estimate of drug-likeness (QED) is 0.543. The van der Waals surface area contributed by atoms with E-state index in [9.17, 15) is 0 Å². The van der Waals surface area contributed by atoms with Crippen LogP contribution in [0.3, 0.4) is 0 Å². The molecule has 0 unspecified atom stereocenters. The Morgan fingerprint density at radius 3 is 1.62 bits per heavy atom. The Bertz CT molecular complexity index is 27.7. The van der Waals surface area contributed by atoms with Gasteiger partial charge in [0.15, 0.2) is 6.29 Å². The van der Waals surface area contributed by atoms with Gasteiger partial charge < -0.3 is 10.2 Å². The second-order valence-electron chi connectivity index (χ2n) is 1.27. The normalized spacial score (nSPS) is 7.50. The summed E-state index contributed by atoms with van der Waals surface area (Å²) in [6, 6.07) is 0. The monoisotopic (exact) mass is 122 g/mol. The van der Waals surface area contributed by atoms with Crippen LogP contribution in [0.15, 0.2) is 0 Å². The van der Waals surface area contributed by atoms with E-state index in [0.717, 1.165) is 6.42 Å². The topological polar surface area (TPSA) is 40.5 Å². The molecule has 2 N–H and O–H groups in total. The highest BCUT2D eigenvalue weighted by atomic mass is 16.5. The molecule has 54 valence electrons. The van der Waals surface area contributed by atoms with Crippen LogP contribution in [0.25, 0.3) is 0 Å². The van der Waals surface area contributed by atoms with Gasteiger partial charge in [-0.2, -0.15) is 0 Å². The number of aliphatic hydroxyl groups excluding tert-OH is 1. The molecule has 0 amide bonds. The van der Waals surface area contributed by atoms with Crippen molar-refractivity contribution in [3.63, 3.8) is 0 Å². The Hall–Kier alpha value is -0.0800. The van der Waals surface area contributed by atoms with Crippen LogP contribution in [0, 0.1) is 0 Å². The molecule has 0 aliphatic carbocycles. The van der Waals surface area contributed by atoms with Gasteiger partial charge in [0.05, 0.1) is 0 Å². The van der Waals surface area contributed by atoms with Gasteiger partial charge in [0.2, 0.25) is 0 Å². The molecule has 0 heterocycles. The van der Waals surface area contributed by atoms with Crippen molar-refractivity contribution in [2.24, 2.45) is 0 Å². The van der Waals surface area contributed by atoms with Crippen molar-refractivity contribution >= 4 is 0 Å². The van der Waals surface area contributed by atoms with Crippen molar-refractivity contribution in [2.75, 3.05) is 0 Å². The lowest BCUT2D eigenvalue weighted by molar-refractivity contribution is -0.0453. The summed E-state index contributed by atoms with van der Waals surface area (Å²) in [4.78, 5) is 0. The maximum atomic E-state index is 8.11. The third kappa shape index (κ3) is 16.8. The van der Waals surface area contributed by atoms with E-state index in [1.165, 1.54) is 0 Å². The van der Waals surface area contributed by atoms with E-state index in [2.05, 4.69) is 0 Å². The highest BCUT2D eigenvalue weighted by Gasteiger charge is 1.89. The minimum Gasteiger partial charge on any atom is -0.368 e. The SMILES string of the molecule is C.C.CCCC(O)O.